The van der Waals surface area contributed by atoms with Crippen molar-refractivity contribution in [3.8, 4) is 0 Å². The highest BCUT2D eigenvalue weighted by Gasteiger charge is 2.40. The second-order valence-electron chi connectivity index (χ2n) is 7.73. The van der Waals surface area contributed by atoms with Crippen LogP contribution in [0.2, 0.25) is 0 Å². The van der Waals surface area contributed by atoms with Gasteiger partial charge in [-0.25, -0.2) is 9.97 Å². The van der Waals surface area contributed by atoms with Gasteiger partial charge in [0.25, 0.3) is 0 Å². The van der Waals surface area contributed by atoms with Crippen LogP contribution in [0, 0.1) is 5.41 Å². The van der Waals surface area contributed by atoms with Gasteiger partial charge in [-0.05, 0) is 43.2 Å². The second-order valence-corrected chi connectivity index (χ2v) is 8.79. The summed E-state index contributed by atoms with van der Waals surface area (Å²) in [4.78, 5) is 22.1. The number of imidazole rings is 1. The summed E-state index contributed by atoms with van der Waals surface area (Å²) >= 11 is 0.894. The Kier molecular flexibility index (Phi) is 4.41. The molecule has 2 fully saturated rings. The van der Waals surface area contributed by atoms with E-state index in [0.29, 0.717) is 21.7 Å². The van der Waals surface area contributed by atoms with Crippen LogP contribution in [0.4, 0.5) is 19.1 Å². The number of anilines is 1. The molecule has 1 aliphatic carbocycles. The van der Waals surface area contributed by atoms with Crippen molar-refractivity contribution < 1.29 is 13.2 Å². The summed E-state index contributed by atoms with van der Waals surface area (Å²) in [6.07, 6.45) is 4.41. The molecule has 0 aromatic carbocycles. The van der Waals surface area contributed by atoms with E-state index in [-0.39, 0.29) is 4.90 Å². The molecule has 1 aliphatic heterocycles. The maximum absolute atomic E-state index is 13.2. The fourth-order valence-corrected chi connectivity index (χ4v) is 5.01. The topological polar surface area (TPSA) is 70.6 Å². The number of H-pyrrole nitrogens is 1. The van der Waals surface area contributed by atoms with Crippen LogP contribution in [-0.4, -0.2) is 38.0 Å². The Bertz CT molecular complexity index is 1040. The molecule has 0 amide bonds. The summed E-state index contributed by atoms with van der Waals surface area (Å²) in [7, 11) is 0. The lowest BCUT2D eigenvalue weighted by molar-refractivity contribution is -0.143. The summed E-state index contributed by atoms with van der Waals surface area (Å²) in [5, 5.41) is 0.360. The second kappa shape index (κ2) is 6.86. The standard InChI is InChI=1S/C19H19F3N6S/c20-19(21,22)14-12(3-1-8-23-14)29-13-11-24-15-16(25-13)27-17(26-15)28-9-6-18(7-10-28)4-2-5-18/h1,3,8,11H,2,4-7,9-10H2,(H,24,25,26,27). The van der Waals surface area contributed by atoms with E-state index in [1.807, 2.05) is 0 Å². The van der Waals surface area contributed by atoms with Gasteiger partial charge in [-0.15, -0.1) is 0 Å². The number of nitrogens with zero attached hydrogens (tertiary/aromatic N) is 5. The van der Waals surface area contributed by atoms with Crippen LogP contribution in [0.5, 0.6) is 0 Å². The van der Waals surface area contributed by atoms with E-state index in [2.05, 4.69) is 29.8 Å². The number of alkyl halides is 3. The predicted molar refractivity (Wildman–Crippen MR) is 103 cm³/mol. The van der Waals surface area contributed by atoms with Gasteiger partial charge in [0.15, 0.2) is 17.0 Å². The molecule has 0 atom stereocenters. The first-order chi connectivity index (χ1) is 13.9. The number of piperidine rings is 1. The highest BCUT2D eigenvalue weighted by Crippen LogP contribution is 2.49. The van der Waals surface area contributed by atoms with Crippen molar-refractivity contribution >= 4 is 29.0 Å². The minimum absolute atomic E-state index is 0.00443. The number of aromatic nitrogens is 5. The van der Waals surface area contributed by atoms with Gasteiger partial charge in [0, 0.05) is 24.2 Å². The molecule has 5 rings (SSSR count). The molecule has 0 radical (unpaired) electrons. The van der Waals surface area contributed by atoms with E-state index in [4.69, 9.17) is 0 Å². The zero-order valence-electron chi connectivity index (χ0n) is 15.5. The largest absolute Gasteiger partial charge is 0.434 e. The van der Waals surface area contributed by atoms with Gasteiger partial charge in [-0.3, -0.25) is 4.98 Å². The van der Waals surface area contributed by atoms with Crippen LogP contribution in [0.25, 0.3) is 11.3 Å². The van der Waals surface area contributed by atoms with Crippen LogP contribution in [0.1, 0.15) is 37.8 Å². The first kappa shape index (κ1) is 18.7. The van der Waals surface area contributed by atoms with Crippen LogP contribution in [0.3, 0.4) is 0 Å². The lowest BCUT2D eigenvalue weighted by atomic mass is 9.63. The third kappa shape index (κ3) is 3.54. The summed E-state index contributed by atoms with van der Waals surface area (Å²) in [5.41, 5.74) is 0.570. The normalized spacial score (nSPS) is 18.9. The van der Waals surface area contributed by atoms with Crippen LogP contribution < -0.4 is 4.90 Å². The molecule has 3 aromatic heterocycles. The molecule has 6 nitrogen and oxygen atoms in total. The van der Waals surface area contributed by atoms with Crippen molar-refractivity contribution in [3.63, 3.8) is 0 Å². The Morgan fingerprint density at radius 3 is 2.55 bits per heavy atom. The van der Waals surface area contributed by atoms with Crippen LogP contribution in [0.15, 0.2) is 34.4 Å². The van der Waals surface area contributed by atoms with Crippen LogP contribution in [-0.2, 0) is 6.18 Å². The van der Waals surface area contributed by atoms with E-state index >= 15 is 0 Å². The lowest BCUT2D eigenvalue weighted by Crippen LogP contribution is -2.43. The van der Waals surface area contributed by atoms with E-state index in [0.717, 1.165) is 37.0 Å². The van der Waals surface area contributed by atoms with Gasteiger partial charge >= 0.3 is 6.18 Å². The van der Waals surface area contributed by atoms with Gasteiger partial charge in [-0.1, -0.05) is 18.2 Å². The molecule has 0 bridgehead atoms. The Morgan fingerprint density at radius 1 is 1.07 bits per heavy atom. The summed E-state index contributed by atoms with van der Waals surface area (Å²) in [5.74, 6) is 0.730. The zero-order chi connectivity index (χ0) is 20.1. The Balaban J connectivity index is 1.37. The van der Waals surface area contributed by atoms with E-state index < -0.39 is 11.9 Å². The molecule has 2 aliphatic rings. The molecule has 1 spiro atoms. The monoisotopic (exact) mass is 420 g/mol. The molecular weight excluding hydrogens is 401 g/mol. The number of rotatable bonds is 3. The Hall–Kier alpha value is -2.36. The van der Waals surface area contributed by atoms with Crippen LogP contribution >= 0.6 is 11.8 Å². The van der Waals surface area contributed by atoms with Crippen molar-refractivity contribution in [1.82, 2.24) is 24.9 Å². The Labute approximate surface area is 169 Å². The first-order valence-electron chi connectivity index (χ1n) is 9.60. The third-order valence-electron chi connectivity index (χ3n) is 5.96. The molecule has 1 saturated heterocycles. The summed E-state index contributed by atoms with van der Waals surface area (Å²) in [6, 6.07) is 2.86. The molecule has 0 unspecified atom stereocenters. The maximum Gasteiger partial charge on any atom is 0.434 e. The minimum atomic E-state index is -4.52. The lowest BCUT2D eigenvalue weighted by Gasteiger charge is -2.47. The van der Waals surface area contributed by atoms with Crippen molar-refractivity contribution in [3.05, 3.63) is 30.2 Å². The minimum Gasteiger partial charge on any atom is -0.342 e. The van der Waals surface area contributed by atoms with E-state index in [1.54, 1.807) is 0 Å². The van der Waals surface area contributed by atoms with Crippen molar-refractivity contribution in [2.45, 2.75) is 48.2 Å². The van der Waals surface area contributed by atoms with Gasteiger partial charge in [0.1, 0.15) is 5.03 Å². The fraction of sp³-hybridized carbons (Fsp3) is 0.474. The predicted octanol–water partition coefficient (Wildman–Crippen LogP) is 4.69. The van der Waals surface area contributed by atoms with Crippen molar-refractivity contribution in [2.24, 2.45) is 5.41 Å². The Morgan fingerprint density at radius 2 is 1.86 bits per heavy atom. The van der Waals surface area contributed by atoms with Gasteiger partial charge in [-0.2, -0.15) is 18.2 Å². The zero-order valence-corrected chi connectivity index (χ0v) is 16.4. The van der Waals surface area contributed by atoms with E-state index in [1.165, 1.54) is 50.4 Å². The smallest absolute Gasteiger partial charge is 0.342 e. The number of hydrogen-bond acceptors (Lipinski definition) is 6. The molecule has 1 N–H and O–H groups in total. The quantitative estimate of drug-likeness (QED) is 0.663. The maximum atomic E-state index is 13.2. The number of pyridine rings is 1. The molecule has 29 heavy (non-hydrogen) atoms. The molecule has 4 heterocycles. The number of hydrogen-bond donors (Lipinski definition) is 1. The highest BCUT2D eigenvalue weighted by molar-refractivity contribution is 7.99. The number of nitrogens with one attached hydrogen (secondary N) is 1. The van der Waals surface area contributed by atoms with Crippen molar-refractivity contribution in [2.75, 3.05) is 18.0 Å². The van der Waals surface area contributed by atoms with Gasteiger partial charge < -0.3 is 9.88 Å². The number of aromatic amines is 1. The number of halogens is 3. The molecule has 1 saturated carbocycles. The van der Waals surface area contributed by atoms with Gasteiger partial charge in [0.2, 0.25) is 5.95 Å². The SMILES string of the molecule is FC(F)(F)c1ncccc1Sc1cnc2nc(N3CCC4(CCC4)CC3)[nH]c2n1. The molecule has 10 heteroatoms. The first-order valence-corrected chi connectivity index (χ1v) is 10.4. The average molecular weight is 420 g/mol. The fourth-order valence-electron chi connectivity index (χ4n) is 4.13. The summed E-state index contributed by atoms with van der Waals surface area (Å²) < 4.78 is 39.5. The van der Waals surface area contributed by atoms with Gasteiger partial charge in [0.05, 0.1) is 6.20 Å². The number of fused-ring (bicyclic) bond motifs is 1. The highest BCUT2D eigenvalue weighted by atomic mass is 32.2. The molecular formula is C19H19F3N6S. The molecule has 3 aromatic rings. The van der Waals surface area contributed by atoms with Crippen molar-refractivity contribution in [1.29, 1.82) is 0 Å². The summed E-state index contributed by atoms with van der Waals surface area (Å²) in [6.45, 7) is 1.90. The molecule has 152 valence electrons. The van der Waals surface area contributed by atoms with E-state index in [9.17, 15) is 13.2 Å². The average Bonchev–Trinajstić information content (AvgIpc) is 3.10. The third-order valence-corrected chi connectivity index (χ3v) is 6.92.